The van der Waals surface area contributed by atoms with E-state index in [-0.39, 0.29) is 17.6 Å². The number of aromatic nitrogens is 1. The van der Waals surface area contributed by atoms with Crippen LogP contribution >= 0.6 is 31.9 Å². The highest BCUT2D eigenvalue weighted by Gasteiger charge is 2.19. The zero-order valence-electron chi connectivity index (χ0n) is 11.2. The molecule has 0 spiro atoms. The van der Waals surface area contributed by atoms with Gasteiger partial charge in [-0.2, -0.15) is 0 Å². The lowest BCUT2D eigenvalue weighted by Gasteiger charge is -2.18. The van der Waals surface area contributed by atoms with Crippen LogP contribution in [0.4, 0.5) is 4.39 Å². The first-order valence-corrected chi connectivity index (χ1v) is 7.73. The second kappa shape index (κ2) is 7.31. The summed E-state index contributed by atoms with van der Waals surface area (Å²) in [6.07, 6.45) is 2.03. The Morgan fingerprint density at radius 2 is 2.19 bits per heavy atom. The minimum absolute atomic E-state index is 0.214. The number of hydrogen-bond donors (Lipinski definition) is 2. The van der Waals surface area contributed by atoms with Gasteiger partial charge in [0.1, 0.15) is 0 Å². The molecule has 0 amide bonds. The van der Waals surface area contributed by atoms with Crippen LogP contribution in [0.5, 0.6) is 5.75 Å². The third kappa shape index (κ3) is 3.79. The van der Waals surface area contributed by atoms with Crippen molar-refractivity contribution >= 4 is 31.9 Å². The smallest absolute Gasteiger partial charge is 0.168 e. The fourth-order valence-corrected chi connectivity index (χ4v) is 3.27. The highest BCUT2D eigenvalue weighted by Crippen LogP contribution is 2.28. The zero-order chi connectivity index (χ0) is 15.4. The molecule has 0 radical (unpaired) electrons. The fourth-order valence-electron chi connectivity index (χ4n) is 2.01. The van der Waals surface area contributed by atoms with E-state index in [0.29, 0.717) is 17.7 Å². The van der Waals surface area contributed by atoms with Crippen LogP contribution < -0.4 is 16.0 Å². The number of methoxy groups -OCH3 is 1. The number of hydrazine groups is 1. The Balaban J connectivity index is 2.31. The van der Waals surface area contributed by atoms with Gasteiger partial charge in [-0.1, -0.05) is 12.1 Å². The Labute approximate surface area is 139 Å². The predicted octanol–water partition coefficient (Wildman–Crippen LogP) is 3.50. The molecule has 7 heteroatoms. The van der Waals surface area contributed by atoms with Gasteiger partial charge in [0.15, 0.2) is 11.6 Å². The largest absolute Gasteiger partial charge is 0.494 e. The standard InChI is InChI=1S/C14H14Br2FN3O/c1-21-12-4-2-3-8(13(12)17)5-11(20-18)14-10(16)6-9(15)7-19-14/h2-4,6-7,11,20H,5,18H2,1H3. The first-order chi connectivity index (χ1) is 10.1. The van der Waals surface area contributed by atoms with Crippen LogP contribution in [-0.4, -0.2) is 12.1 Å². The maximum atomic E-state index is 14.2. The molecule has 112 valence electrons. The summed E-state index contributed by atoms with van der Waals surface area (Å²) in [7, 11) is 1.44. The van der Waals surface area contributed by atoms with Crippen molar-refractivity contribution in [3.05, 3.63) is 56.5 Å². The van der Waals surface area contributed by atoms with Gasteiger partial charge in [0, 0.05) is 15.1 Å². The topological polar surface area (TPSA) is 60.2 Å². The van der Waals surface area contributed by atoms with Crippen LogP contribution in [0.1, 0.15) is 17.3 Å². The van der Waals surface area contributed by atoms with Gasteiger partial charge in [-0.15, -0.1) is 0 Å². The molecule has 21 heavy (non-hydrogen) atoms. The average Bonchev–Trinajstić information content (AvgIpc) is 2.47. The number of hydrogen-bond acceptors (Lipinski definition) is 4. The molecular weight excluding hydrogens is 405 g/mol. The predicted molar refractivity (Wildman–Crippen MR) is 86.4 cm³/mol. The highest BCUT2D eigenvalue weighted by molar-refractivity contribution is 9.11. The molecule has 1 aromatic heterocycles. The van der Waals surface area contributed by atoms with Crippen LogP contribution in [0.2, 0.25) is 0 Å². The van der Waals surface area contributed by atoms with Gasteiger partial charge in [0.05, 0.1) is 18.8 Å². The number of rotatable bonds is 5. The van der Waals surface area contributed by atoms with E-state index in [4.69, 9.17) is 10.6 Å². The van der Waals surface area contributed by atoms with Crippen molar-refractivity contribution in [3.8, 4) is 5.75 Å². The molecule has 2 aromatic rings. The summed E-state index contributed by atoms with van der Waals surface area (Å²) in [6, 6.07) is 6.57. The van der Waals surface area contributed by atoms with Crippen molar-refractivity contribution in [3.63, 3.8) is 0 Å². The van der Waals surface area contributed by atoms with E-state index in [9.17, 15) is 4.39 Å². The second-order valence-electron chi connectivity index (χ2n) is 4.38. The minimum Gasteiger partial charge on any atom is -0.494 e. The van der Waals surface area contributed by atoms with E-state index in [1.165, 1.54) is 7.11 Å². The van der Waals surface area contributed by atoms with Gasteiger partial charge in [0.25, 0.3) is 0 Å². The molecule has 1 aromatic carbocycles. The lowest BCUT2D eigenvalue weighted by molar-refractivity contribution is 0.382. The molecule has 0 aliphatic carbocycles. The summed E-state index contributed by atoms with van der Waals surface area (Å²) < 4.78 is 20.8. The van der Waals surface area contributed by atoms with Crippen molar-refractivity contribution in [1.82, 2.24) is 10.4 Å². The molecule has 3 N–H and O–H groups in total. The second-order valence-corrected chi connectivity index (χ2v) is 6.15. The molecule has 2 rings (SSSR count). The van der Waals surface area contributed by atoms with Crippen LogP contribution in [-0.2, 0) is 6.42 Å². The maximum absolute atomic E-state index is 14.2. The summed E-state index contributed by atoms with van der Waals surface area (Å²) in [6.45, 7) is 0. The average molecular weight is 419 g/mol. The van der Waals surface area contributed by atoms with Crippen LogP contribution in [0, 0.1) is 5.82 Å². The molecule has 1 heterocycles. The highest BCUT2D eigenvalue weighted by atomic mass is 79.9. The number of benzene rings is 1. The van der Waals surface area contributed by atoms with E-state index in [0.717, 1.165) is 8.95 Å². The summed E-state index contributed by atoms with van der Waals surface area (Å²) in [5, 5.41) is 0. The maximum Gasteiger partial charge on any atom is 0.168 e. The quantitative estimate of drug-likeness (QED) is 0.576. The van der Waals surface area contributed by atoms with Crippen molar-refractivity contribution in [1.29, 1.82) is 0 Å². The van der Waals surface area contributed by atoms with Crippen molar-refractivity contribution in [2.75, 3.05) is 7.11 Å². The molecule has 1 unspecified atom stereocenters. The SMILES string of the molecule is COc1cccc(CC(NN)c2ncc(Br)cc2Br)c1F. The number of halogens is 3. The molecule has 0 saturated carbocycles. The third-order valence-electron chi connectivity index (χ3n) is 3.05. The van der Waals surface area contributed by atoms with Crippen molar-refractivity contribution in [2.45, 2.75) is 12.5 Å². The lowest BCUT2D eigenvalue weighted by Crippen LogP contribution is -2.30. The summed E-state index contributed by atoms with van der Waals surface area (Å²) in [5.74, 6) is 5.44. The molecule has 0 saturated heterocycles. The Morgan fingerprint density at radius 3 is 2.81 bits per heavy atom. The van der Waals surface area contributed by atoms with E-state index >= 15 is 0 Å². The van der Waals surface area contributed by atoms with Gasteiger partial charge in [-0.05, 0) is 56.0 Å². The van der Waals surface area contributed by atoms with E-state index in [1.54, 1.807) is 24.4 Å². The van der Waals surface area contributed by atoms with Gasteiger partial charge >= 0.3 is 0 Å². The van der Waals surface area contributed by atoms with Gasteiger partial charge < -0.3 is 4.74 Å². The number of nitrogens with two attached hydrogens (primary N) is 1. The molecule has 0 fully saturated rings. The first-order valence-electron chi connectivity index (χ1n) is 6.15. The summed E-state index contributed by atoms with van der Waals surface area (Å²) in [5.41, 5.74) is 3.90. The van der Waals surface area contributed by atoms with Crippen LogP contribution in [0.3, 0.4) is 0 Å². The van der Waals surface area contributed by atoms with E-state index in [2.05, 4.69) is 42.3 Å². The fraction of sp³-hybridized carbons (Fsp3) is 0.214. The van der Waals surface area contributed by atoms with Gasteiger partial charge in [-0.25, -0.2) is 4.39 Å². The lowest BCUT2D eigenvalue weighted by atomic mass is 10.0. The number of nitrogens with zero attached hydrogens (tertiary/aromatic N) is 1. The van der Waals surface area contributed by atoms with Gasteiger partial charge in [0.2, 0.25) is 0 Å². The van der Waals surface area contributed by atoms with Crippen molar-refractivity contribution in [2.24, 2.45) is 5.84 Å². The molecular formula is C14H14Br2FN3O. The summed E-state index contributed by atoms with van der Waals surface area (Å²) >= 11 is 6.79. The number of pyridine rings is 1. The minimum atomic E-state index is -0.381. The van der Waals surface area contributed by atoms with Gasteiger partial charge in [-0.3, -0.25) is 16.3 Å². The molecule has 0 bridgehead atoms. The van der Waals surface area contributed by atoms with E-state index < -0.39 is 0 Å². The van der Waals surface area contributed by atoms with Crippen LogP contribution in [0.25, 0.3) is 0 Å². The first kappa shape index (κ1) is 16.4. The molecule has 0 aliphatic rings. The van der Waals surface area contributed by atoms with Crippen LogP contribution in [0.15, 0.2) is 39.4 Å². The zero-order valence-corrected chi connectivity index (χ0v) is 14.4. The summed E-state index contributed by atoms with van der Waals surface area (Å²) in [4.78, 5) is 4.33. The monoisotopic (exact) mass is 417 g/mol. The number of ether oxygens (including phenoxy) is 1. The molecule has 4 nitrogen and oxygen atoms in total. The van der Waals surface area contributed by atoms with Crippen molar-refractivity contribution < 1.29 is 9.13 Å². The Morgan fingerprint density at radius 1 is 1.43 bits per heavy atom. The Hall–Kier alpha value is -1.02. The number of nitrogens with one attached hydrogen (secondary N) is 1. The Bertz CT molecular complexity index is 640. The Kier molecular flexibility index (Phi) is 5.69. The molecule has 1 atom stereocenters. The normalized spacial score (nSPS) is 12.2. The molecule has 0 aliphatic heterocycles. The third-order valence-corrected chi connectivity index (χ3v) is 4.12. The van der Waals surface area contributed by atoms with E-state index in [1.807, 2.05) is 6.07 Å².